The molecule has 0 spiro atoms. The van der Waals surface area contributed by atoms with Crippen molar-refractivity contribution in [1.29, 1.82) is 0 Å². The number of rotatable bonds is 7. The number of hydrogen-bond acceptors (Lipinski definition) is 5. The van der Waals surface area contributed by atoms with Gasteiger partial charge >= 0.3 is 12.1 Å². The molecule has 7 amide bonds. The van der Waals surface area contributed by atoms with E-state index in [1.807, 2.05) is 0 Å². The van der Waals surface area contributed by atoms with Gasteiger partial charge in [-0.3, -0.25) is 14.4 Å². The molecule has 156 valence electrons. The molecule has 1 unspecified atom stereocenters. The molecule has 6 N–H and O–H groups in total. The van der Waals surface area contributed by atoms with Gasteiger partial charge in [0.05, 0.1) is 13.0 Å². The second-order valence-corrected chi connectivity index (χ2v) is 7.61. The van der Waals surface area contributed by atoms with Crippen molar-refractivity contribution in [2.45, 2.75) is 25.8 Å². The van der Waals surface area contributed by atoms with E-state index in [0.717, 1.165) is 4.47 Å². The van der Waals surface area contributed by atoms with Crippen molar-refractivity contribution in [3.8, 4) is 0 Å². The van der Waals surface area contributed by atoms with Gasteiger partial charge in [-0.2, -0.15) is 5.01 Å². The second-order valence-electron chi connectivity index (χ2n) is 6.69. The van der Waals surface area contributed by atoms with E-state index in [9.17, 15) is 24.0 Å². The largest absolute Gasteiger partial charge is 0.368 e. The lowest BCUT2D eigenvalue weighted by molar-refractivity contribution is -0.138. The van der Waals surface area contributed by atoms with Crippen molar-refractivity contribution in [3.63, 3.8) is 0 Å². The van der Waals surface area contributed by atoms with E-state index in [1.54, 1.807) is 38.1 Å². The Balaban J connectivity index is 2.10. The van der Waals surface area contributed by atoms with Crippen molar-refractivity contribution < 1.29 is 24.0 Å². The van der Waals surface area contributed by atoms with Crippen LogP contribution in [0, 0.1) is 5.92 Å². The van der Waals surface area contributed by atoms with Crippen molar-refractivity contribution in [3.05, 3.63) is 28.7 Å². The molecule has 0 saturated carbocycles. The number of halogens is 1. The molecular weight excluding hydrogens is 448 g/mol. The standard InChI is InChI=1S/C17H21BrN6O5/c1-9(2)17(7-13(26)20-8-12(19)25)14(27)24(16(29)22-17)23-15(28)21-11-5-3-10(18)4-6-11/h3-6,9H,7-8H2,1-2H3,(H2,19,25)(H,20,26)(H,22,29)(H2,21,23,28). The lowest BCUT2D eigenvalue weighted by Crippen LogP contribution is -2.56. The van der Waals surface area contributed by atoms with Gasteiger partial charge < -0.3 is 21.7 Å². The Labute approximate surface area is 174 Å². The number of benzene rings is 1. The number of nitrogens with zero attached hydrogens (tertiary/aromatic N) is 1. The summed E-state index contributed by atoms with van der Waals surface area (Å²) in [5.41, 5.74) is 6.03. The summed E-state index contributed by atoms with van der Waals surface area (Å²) < 4.78 is 0.814. The normalized spacial score (nSPS) is 18.4. The molecule has 1 atom stereocenters. The van der Waals surface area contributed by atoms with Crippen LogP contribution >= 0.6 is 15.9 Å². The third-order valence-electron chi connectivity index (χ3n) is 4.32. The quantitative estimate of drug-likeness (QED) is 0.365. The molecule has 0 radical (unpaired) electrons. The minimum Gasteiger partial charge on any atom is -0.368 e. The first kappa shape index (κ1) is 22.1. The molecule has 1 aliphatic heterocycles. The molecule has 1 saturated heterocycles. The number of urea groups is 2. The van der Waals surface area contributed by atoms with Gasteiger partial charge in [0.15, 0.2) is 0 Å². The zero-order valence-electron chi connectivity index (χ0n) is 15.7. The van der Waals surface area contributed by atoms with E-state index in [0.29, 0.717) is 10.7 Å². The molecule has 29 heavy (non-hydrogen) atoms. The van der Waals surface area contributed by atoms with Crippen LogP contribution in [0.1, 0.15) is 20.3 Å². The highest BCUT2D eigenvalue weighted by molar-refractivity contribution is 9.10. The summed E-state index contributed by atoms with van der Waals surface area (Å²) in [6.45, 7) is 2.89. The van der Waals surface area contributed by atoms with Crippen molar-refractivity contribution in [1.82, 2.24) is 21.1 Å². The Kier molecular flexibility index (Phi) is 6.80. The number of nitrogens with one attached hydrogen (secondary N) is 4. The summed E-state index contributed by atoms with van der Waals surface area (Å²) in [6.07, 6.45) is -0.422. The molecule has 0 aliphatic carbocycles. The van der Waals surface area contributed by atoms with Crippen LogP contribution in [0.15, 0.2) is 28.7 Å². The summed E-state index contributed by atoms with van der Waals surface area (Å²) >= 11 is 3.27. The maximum absolute atomic E-state index is 12.9. The van der Waals surface area contributed by atoms with Gasteiger partial charge in [0.2, 0.25) is 11.8 Å². The number of amides is 7. The number of primary amides is 1. The molecule has 1 heterocycles. The smallest absolute Gasteiger partial charge is 0.344 e. The summed E-state index contributed by atoms with van der Waals surface area (Å²) in [7, 11) is 0. The highest BCUT2D eigenvalue weighted by Gasteiger charge is 2.55. The molecule has 0 bridgehead atoms. The van der Waals surface area contributed by atoms with Crippen LogP contribution in [0.2, 0.25) is 0 Å². The number of carbonyl (C=O) groups excluding carboxylic acids is 5. The number of hydrogen-bond donors (Lipinski definition) is 5. The number of hydrazine groups is 1. The van der Waals surface area contributed by atoms with Crippen molar-refractivity contribution in [2.75, 3.05) is 11.9 Å². The van der Waals surface area contributed by atoms with Gasteiger partial charge in [-0.05, 0) is 30.2 Å². The fraction of sp³-hybridized carbons (Fsp3) is 0.353. The molecule has 0 aromatic heterocycles. The van der Waals surface area contributed by atoms with Crippen LogP contribution in [-0.4, -0.2) is 46.9 Å². The van der Waals surface area contributed by atoms with Crippen LogP contribution in [0.25, 0.3) is 0 Å². The fourth-order valence-electron chi connectivity index (χ4n) is 2.70. The zero-order valence-corrected chi connectivity index (χ0v) is 17.3. The lowest BCUT2D eigenvalue weighted by Gasteiger charge is -2.29. The minimum atomic E-state index is -1.58. The first-order valence-corrected chi connectivity index (χ1v) is 9.39. The Bertz CT molecular complexity index is 843. The Morgan fingerprint density at radius 1 is 1.21 bits per heavy atom. The van der Waals surface area contributed by atoms with Crippen LogP contribution < -0.4 is 27.1 Å². The summed E-state index contributed by atoms with van der Waals surface area (Å²) in [5, 5.41) is 7.77. The SMILES string of the molecule is CC(C)C1(CC(=O)NCC(N)=O)NC(=O)N(NC(=O)Nc2ccc(Br)cc2)C1=O. The first-order valence-electron chi connectivity index (χ1n) is 8.60. The maximum atomic E-state index is 12.9. The molecule has 1 fully saturated rings. The lowest BCUT2D eigenvalue weighted by atomic mass is 9.83. The number of nitrogens with two attached hydrogens (primary N) is 1. The number of imide groups is 1. The molecule has 12 heteroatoms. The predicted octanol–water partition coefficient (Wildman–Crippen LogP) is 0.424. The van der Waals surface area contributed by atoms with E-state index in [-0.39, 0.29) is 0 Å². The summed E-state index contributed by atoms with van der Waals surface area (Å²) in [5.74, 6) is -2.67. The average Bonchev–Trinajstić information content (AvgIpc) is 2.87. The van der Waals surface area contributed by atoms with Gasteiger partial charge in [0.25, 0.3) is 5.91 Å². The molecule has 1 aromatic rings. The van der Waals surface area contributed by atoms with Crippen LogP contribution in [-0.2, 0) is 14.4 Å². The van der Waals surface area contributed by atoms with Crippen molar-refractivity contribution in [2.24, 2.45) is 11.7 Å². The average molecular weight is 469 g/mol. The Morgan fingerprint density at radius 3 is 2.38 bits per heavy atom. The van der Waals surface area contributed by atoms with E-state index < -0.39 is 54.2 Å². The van der Waals surface area contributed by atoms with Crippen LogP contribution in [0.3, 0.4) is 0 Å². The van der Waals surface area contributed by atoms with Crippen LogP contribution in [0.4, 0.5) is 15.3 Å². The fourth-order valence-corrected chi connectivity index (χ4v) is 2.97. The molecule has 11 nitrogen and oxygen atoms in total. The van der Waals surface area contributed by atoms with E-state index >= 15 is 0 Å². The molecule has 1 aromatic carbocycles. The molecule has 2 rings (SSSR count). The van der Waals surface area contributed by atoms with E-state index in [1.165, 1.54) is 0 Å². The highest BCUT2D eigenvalue weighted by atomic mass is 79.9. The summed E-state index contributed by atoms with van der Waals surface area (Å²) in [4.78, 5) is 60.4. The predicted molar refractivity (Wildman–Crippen MR) is 106 cm³/mol. The molecule has 1 aliphatic rings. The monoisotopic (exact) mass is 468 g/mol. The zero-order chi connectivity index (χ0) is 21.8. The topological polar surface area (TPSA) is 163 Å². The minimum absolute atomic E-state index is 0.396. The van der Waals surface area contributed by atoms with Gasteiger partial charge in [-0.15, -0.1) is 0 Å². The third kappa shape index (κ3) is 5.22. The molecular formula is C17H21BrN6O5. The number of anilines is 1. The summed E-state index contributed by atoms with van der Waals surface area (Å²) in [6, 6.07) is 4.97. The van der Waals surface area contributed by atoms with Gasteiger partial charge in [-0.25, -0.2) is 15.0 Å². The van der Waals surface area contributed by atoms with Gasteiger partial charge in [-0.1, -0.05) is 29.8 Å². The Morgan fingerprint density at radius 2 is 1.83 bits per heavy atom. The maximum Gasteiger partial charge on any atom is 0.344 e. The first-order chi connectivity index (χ1) is 13.5. The second kappa shape index (κ2) is 8.90. The third-order valence-corrected chi connectivity index (χ3v) is 4.85. The number of carbonyl (C=O) groups is 5. The van der Waals surface area contributed by atoms with Crippen molar-refractivity contribution >= 4 is 51.4 Å². The van der Waals surface area contributed by atoms with Gasteiger partial charge in [0.1, 0.15) is 5.54 Å². The van der Waals surface area contributed by atoms with Crippen LogP contribution in [0.5, 0.6) is 0 Å². The van der Waals surface area contributed by atoms with E-state index in [2.05, 4.69) is 37.3 Å². The highest BCUT2D eigenvalue weighted by Crippen LogP contribution is 2.28. The Hall–Kier alpha value is -3.15. The van der Waals surface area contributed by atoms with E-state index in [4.69, 9.17) is 5.73 Å². The van der Waals surface area contributed by atoms with Gasteiger partial charge in [0, 0.05) is 10.2 Å².